The predicted molar refractivity (Wildman–Crippen MR) is 38.4 cm³/mol. The van der Waals surface area contributed by atoms with Crippen LogP contribution in [0.5, 0.6) is 0 Å². The predicted octanol–water partition coefficient (Wildman–Crippen LogP) is 1.05. The SMILES string of the molecule is C=C.CCCCNN. The van der Waals surface area contributed by atoms with Gasteiger partial charge in [-0.05, 0) is 6.42 Å². The van der Waals surface area contributed by atoms with E-state index in [1.54, 1.807) is 0 Å². The molecule has 0 fully saturated rings. The van der Waals surface area contributed by atoms with Gasteiger partial charge in [0.05, 0.1) is 0 Å². The standard InChI is InChI=1S/C4H12N2.C2H4/c1-2-3-4-6-5;1-2/h6H,2-5H2,1H3;1-2H2. The molecule has 0 rings (SSSR count). The van der Waals surface area contributed by atoms with Crippen LogP contribution in [0.25, 0.3) is 0 Å². The minimum absolute atomic E-state index is 0.941. The van der Waals surface area contributed by atoms with Gasteiger partial charge < -0.3 is 0 Å². The van der Waals surface area contributed by atoms with Crippen molar-refractivity contribution in [2.24, 2.45) is 5.84 Å². The van der Waals surface area contributed by atoms with Crippen LogP contribution in [0.2, 0.25) is 0 Å². The van der Waals surface area contributed by atoms with Gasteiger partial charge in [0.1, 0.15) is 0 Å². The molecular weight excluding hydrogens is 100 g/mol. The van der Waals surface area contributed by atoms with Crippen molar-refractivity contribution in [3.63, 3.8) is 0 Å². The van der Waals surface area contributed by atoms with Crippen molar-refractivity contribution in [1.29, 1.82) is 0 Å². The number of rotatable bonds is 3. The summed E-state index contributed by atoms with van der Waals surface area (Å²) in [5, 5.41) is 0. The zero-order chi connectivity index (χ0) is 6.83. The van der Waals surface area contributed by atoms with Gasteiger partial charge in [-0.15, -0.1) is 13.2 Å². The Balaban J connectivity index is 0. The Kier molecular flexibility index (Phi) is 21.1. The van der Waals surface area contributed by atoms with Gasteiger partial charge in [0.15, 0.2) is 0 Å². The zero-order valence-corrected chi connectivity index (χ0v) is 5.61. The zero-order valence-electron chi connectivity index (χ0n) is 5.61. The highest BCUT2D eigenvalue weighted by atomic mass is 15.2. The molecule has 8 heavy (non-hydrogen) atoms. The summed E-state index contributed by atoms with van der Waals surface area (Å²) in [6, 6.07) is 0. The van der Waals surface area contributed by atoms with E-state index in [-0.39, 0.29) is 0 Å². The van der Waals surface area contributed by atoms with Crippen molar-refractivity contribution in [2.45, 2.75) is 19.8 Å². The molecule has 0 aliphatic carbocycles. The normalized spacial score (nSPS) is 7.25. The largest absolute Gasteiger partial charge is 0.271 e. The first-order valence-electron chi connectivity index (χ1n) is 2.85. The molecule has 0 bridgehead atoms. The van der Waals surface area contributed by atoms with E-state index in [1.165, 1.54) is 12.8 Å². The molecule has 0 spiro atoms. The summed E-state index contributed by atoms with van der Waals surface area (Å²) in [5.41, 5.74) is 2.57. The molecule has 50 valence electrons. The Morgan fingerprint density at radius 3 is 2.12 bits per heavy atom. The number of unbranched alkanes of at least 4 members (excludes halogenated alkanes) is 1. The number of hydrogen-bond acceptors (Lipinski definition) is 2. The Bertz CT molecular complexity index is 25.7. The van der Waals surface area contributed by atoms with Gasteiger partial charge in [0, 0.05) is 6.54 Å². The summed E-state index contributed by atoms with van der Waals surface area (Å²) in [4.78, 5) is 0. The Morgan fingerprint density at radius 1 is 1.50 bits per heavy atom. The second-order valence-electron chi connectivity index (χ2n) is 1.31. The van der Waals surface area contributed by atoms with E-state index in [9.17, 15) is 0 Å². The summed E-state index contributed by atoms with van der Waals surface area (Å²) >= 11 is 0. The highest BCUT2D eigenvalue weighted by Crippen LogP contribution is 1.78. The third-order valence-corrected chi connectivity index (χ3v) is 0.675. The maximum Gasteiger partial charge on any atom is 0.00973 e. The number of hydrogen-bond donors (Lipinski definition) is 2. The van der Waals surface area contributed by atoms with Gasteiger partial charge in [0.25, 0.3) is 0 Å². The topological polar surface area (TPSA) is 38.0 Å². The van der Waals surface area contributed by atoms with Gasteiger partial charge in [-0.1, -0.05) is 13.3 Å². The van der Waals surface area contributed by atoms with Gasteiger partial charge >= 0.3 is 0 Å². The van der Waals surface area contributed by atoms with Crippen molar-refractivity contribution >= 4 is 0 Å². The van der Waals surface area contributed by atoms with Crippen molar-refractivity contribution in [2.75, 3.05) is 6.54 Å². The third kappa shape index (κ3) is 17.4. The lowest BCUT2D eigenvalue weighted by molar-refractivity contribution is 0.669. The highest BCUT2D eigenvalue weighted by molar-refractivity contribution is 4.33. The first-order chi connectivity index (χ1) is 3.91. The average molecular weight is 116 g/mol. The monoisotopic (exact) mass is 116 g/mol. The molecule has 2 heteroatoms. The molecule has 0 aromatic heterocycles. The Morgan fingerprint density at radius 2 is 2.00 bits per heavy atom. The van der Waals surface area contributed by atoms with Crippen LogP contribution in [-0.4, -0.2) is 6.54 Å². The maximum atomic E-state index is 4.96. The van der Waals surface area contributed by atoms with Crippen LogP contribution < -0.4 is 11.3 Å². The fraction of sp³-hybridized carbons (Fsp3) is 0.667. The molecule has 0 heterocycles. The van der Waals surface area contributed by atoms with E-state index < -0.39 is 0 Å². The van der Waals surface area contributed by atoms with E-state index in [0.717, 1.165) is 6.54 Å². The molecule has 2 nitrogen and oxygen atoms in total. The van der Waals surface area contributed by atoms with Crippen molar-refractivity contribution < 1.29 is 0 Å². The molecule has 0 aliphatic heterocycles. The fourth-order valence-corrected chi connectivity index (χ4v) is 0.279. The smallest absolute Gasteiger partial charge is 0.00973 e. The van der Waals surface area contributed by atoms with E-state index in [0.29, 0.717) is 0 Å². The molecule has 0 amide bonds. The van der Waals surface area contributed by atoms with Crippen molar-refractivity contribution in [3.05, 3.63) is 13.2 Å². The molecule has 0 aromatic carbocycles. The summed E-state index contributed by atoms with van der Waals surface area (Å²) in [6.45, 7) is 9.08. The van der Waals surface area contributed by atoms with Crippen LogP contribution in [0.1, 0.15) is 19.8 Å². The Labute approximate surface area is 51.7 Å². The number of nitrogens with two attached hydrogens (primary N) is 1. The first kappa shape index (κ1) is 10.6. The summed E-state index contributed by atoms with van der Waals surface area (Å²) < 4.78 is 0. The molecule has 0 aromatic rings. The average Bonchev–Trinajstić information content (AvgIpc) is 1.88. The lowest BCUT2D eigenvalue weighted by Crippen LogP contribution is -2.22. The highest BCUT2D eigenvalue weighted by Gasteiger charge is 1.73. The molecular formula is C6H16N2. The van der Waals surface area contributed by atoms with Gasteiger partial charge in [-0.2, -0.15) is 0 Å². The number of nitrogens with one attached hydrogen (secondary N) is 1. The maximum absolute atomic E-state index is 4.96. The van der Waals surface area contributed by atoms with Crippen LogP contribution in [0.4, 0.5) is 0 Å². The van der Waals surface area contributed by atoms with E-state index >= 15 is 0 Å². The minimum Gasteiger partial charge on any atom is -0.271 e. The summed E-state index contributed by atoms with van der Waals surface area (Å²) in [6.07, 6.45) is 2.39. The van der Waals surface area contributed by atoms with Crippen molar-refractivity contribution in [1.82, 2.24) is 5.43 Å². The summed E-state index contributed by atoms with van der Waals surface area (Å²) in [7, 11) is 0. The second-order valence-corrected chi connectivity index (χ2v) is 1.31. The van der Waals surface area contributed by atoms with Crippen LogP contribution in [-0.2, 0) is 0 Å². The molecule has 3 N–H and O–H groups in total. The lowest BCUT2D eigenvalue weighted by Gasteiger charge is -1.89. The van der Waals surface area contributed by atoms with Crippen LogP contribution >= 0.6 is 0 Å². The molecule has 0 unspecified atom stereocenters. The van der Waals surface area contributed by atoms with Crippen LogP contribution in [0, 0.1) is 0 Å². The van der Waals surface area contributed by atoms with Crippen molar-refractivity contribution in [3.8, 4) is 0 Å². The quantitative estimate of drug-likeness (QED) is 0.250. The summed E-state index contributed by atoms with van der Waals surface area (Å²) in [5.74, 6) is 4.96. The third-order valence-electron chi connectivity index (χ3n) is 0.675. The van der Waals surface area contributed by atoms with Crippen LogP contribution in [0.3, 0.4) is 0 Å². The molecule has 0 atom stereocenters. The second kappa shape index (κ2) is 15.9. The lowest BCUT2D eigenvalue weighted by atomic mass is 10.3. The van der Waals surface area contributed by atoms with E-state index in [2.05, 4.69) is 25.5 Å². The van der Waals surface area contributed by atoms with E-state index in [1.807, 2.05) is 0 Å². The molecule has 0 saturated carbocycles. The van der Waals surface area contributed by atoms with E-state index in [4.69, 9.17) is 5.84 Å². The molecule has 0 saturated heterocycles. The number of hydrazine groups is 1. The van der Waals surface area contributed by atoms with Gasteiger partial charge in [0.2, 0.25) is 0 Å². The molecule has 0 aliphatic rings. The minimum atomic E-state index is 0.941. The Hall–Kier alpha value is -0.340. The van der Waals surface area contributed by atoms with Gasteiger partial charge in [-0.25, -0.2) is 0 Å². The van der Waals surface area contributed by atoms with Crippen LogP contribution in [0.15, 0.2) is 13.2 Å². The molecule has 0 radical (unpaired) electrons. The first-order valence-corrected chi connectivity index (χ1v) is 2.85. The van der Waals surface area contributed by atoms with Gasteiger partial charge in [-0.3, -0.25) is 11.3 Å². The fourth-order valence-electron chi connectivity index (χ4n) is 0.279.